The summed E-state index contributed by atoms with van der Waals surface area (Å²) < 4.78 is 0. The quantitative estimate of drug-likeness (QED) is 0.583. The molecule has 0 atom stereocenters. The van der Waals surface area contributed by atoms with Gasteiger partial charge in [0, 0.05) is 18.2 Å². The van der Waals surface area contributed by atoms with Crippen molar-refractivity contribution in [3.63, 3.8) is 0 Å². The van der Waals surface area contributed by atoms with Crippen LogP contribution < -0.4 is 0 Å². The van der Waals surface area contributed by atoms with E-state index in [4.69, 9.17) is 0 Å². The van der Waals surface area contributed by atoms with E-state index in [9.17, 15) is 14.4 Å². The number of hydrogen-bond acceptors (Lipinski definition) is 4. The second kappa shape index (κ2) is 6.54. The van der Waals surface area contributed by atoms with Crippen molar-refractivity contribution in [2.45, 2.75) is 51.5 Å². The number of carbonyl (C=O) groups excluding carboxylic acids is 3. The highest BCUT2D eigenvalue weighted by Gasteiger charge is 2.33. The molecule has 0 aromatic carbocycles. The summed E-state index contributed by atoms with van der Waals surface area (Å²) in [5, 5.41) is 1.36. The molecule has 0 spiro atoms. The Morgan fingerprint density at radius 3 is 2.15 bits per heavy atom. The van der Waals surface area contributed by atoms with Gasteiger partial charge in [-0.3, -0.25) is 14.5 Å². The van der Waals surface area contributed by atoms with Gasteiger partial charge in [-0.15, -0.1) is 5.06 Å². The molecular weight excluding hydrogens is 260 g/mol. The molecule has 1 saturated heterocycles. The van der Waals surface area contributed by atoms with Crippen molar-refractivity contribution in [1.29, 1.82) is 0 Å². The summed E-state index contributed by atoms with van der Waals surface area (Å²) in [5.74, 6) is -0.265. The number of amides is 3. The minimum absolute atomic E-state index is 0.132. The fourth-order valence-corrected chi connectivity index (χ4v) is 2.45. The van der Waals surface area contributed by atoms with E-state index in [1.807, 2.05) is 0 Å². The fraction of sp³-hybridized carbons (Fsp3) is 0.643. The van der Waals surface area contributed by atoms with Gasteiger partial charge in [-0.05, 0) is 19.3 Å². The number of nitrogens with zero attached hydrogens (tertiary/aromatic N) is 2. The summed E-state index contributed by atoms with van der Waals surface area (Å²) in [5.41, 5.74) is 0. The van der Waals surface area contributed by atoms with E-state index in [1.165, 1.54) is 22.1 Å². The average Bonchev–Trinajstić information content (AvgIpc) is 2.82. The Bertz CT molecular complexity index is 409. The SMILES string of the molecule is CCCCN1OC1=O.O=C1C=CC(=O)N1C1CCCC1. The lowest BCUT2D eigenvalue weighted by Gasteiger charge is -2.20. The molecule has 110 valence electrons. The van der Waals surface area contributed by atoms with Gasteiger partial charge in [0.2, 0.25) is 0 Å². The third kappa shape index (κ3) is 3.59. The van der Waals surface area contributed by atoms with E-state index in [0.29, 0.717) is 0 Å². The standard InChI is InChI=1S/C9H11NO2.C5H9NO2/c11-8-5-6-9(12)10(8)7-3-1-2-4-7;1-2-3-4-6-5(7)8-6/h5-7H,1-4H2;2-4H2,1H3. The molecule has 3 amide bonds. The van der Waals surface area contributed by atoms with Crippen molar-refractivity contribution in [3.8, 4) is 0 Å². The number of hydroxylamine groups is 2. The number of hydrogen-bond donors (Lipinski definition) is 0. The largest absolute Gasteiger partial charge is 0.468 e. The van der Waals surface area contributed by atoms with E-state index >= 15 is 0 Å². The summed E-state index contributed by atoms with van der Waals surface area (Å²) in [6.45, 7) is 2.84. The van der Waals surface area contributed by atoms with Crippen molar-refractivity contribution in [3.05, 3.63) is 12.2 Å². The molecule has 3 rings (SSSR count). The second-order valence-electron chi connectivity index (χ2n) is 5.13. The zero-order valence-corrected chi connectivity index (χ0v) is 11.7. The van der Waals surface area contributed by atoms with Crippen LogP contribution in [0.3, 0.4) is 0 Å². The van der Waals surface area contributed by atoms with Gasteiger partial charge < -0.3 is 4.84 Å². The monoisotopic (exact) mass is 280 g/mol. The molecule has 3 aliphatic rings. The first kappa shape index (κ1) is 14.6. The summed E-state index contributed by atoms with van der Waals surface area (Å²) in [6.07, 6.45) is 8.93. The normalized spacial score (nSPS) is 21.1. The Hall–Kier alpha value is -1.85. The molecule has 2 aliphatic heterocycles. The van der Waals surface area contributed by atoms with Crippen LogP contribution in [0.4, 0.5) is 4.79 Å². The topological polar surface area (TPSA) is 70.0 Å². The van der Waals surface area contributed by atoms with Gasteiger partial charge in [0.1, 0.15) is 0 Å². The molecule has 2 heterocycles. The molecule has 0 radical (unpaired) electrons. The van der Waals surface area contributed by atoms with Gasteiger partial charge in [0.25, 0.3) is 11.8 Å². The molecule has 6 heteroatoms. The van der Waals surface area contributed by atoms with Crippen LogP contribution in [-0.4, -0.2) is 40.5 Å². The van der Waals surface area contributed by atoms with Crippen LogP contribution in [0.15, 0.2) is 12.2 Å². The highest BCUT2D eigenvalue weighted by Crippen LogP contribution is 2.25. The maximum absolute atomic E-state index is 11.2. The second-order valence-corrected chi connectivity index (χ2v) is 5.13. The Morgan fingerprint density at radius 2 is 1.70 bits per heavy atom. The van der Waals surface area contributed by atoms with Crippen molar-refractivity contribution < 1.29 is 19.2 Å². The van der Waals surface area contributed by atoms with E-state index in [2.05, 4.69) is 11.8 Å². The first-order chi connectivity index (χ1) is 9.63. The maximum atomic E-state index is 11.2. The molecule has 1 aliphatic carbocycles. The lowest BCUT2D eigenvalue weighted by atomic mass is 10.2. The fourth-order valence-electron chi connectivity index (χ4n) is 2.45. The van der Waals surface area contributed by atoms with Gasteiger partial charge >= 0.3 is 6.09 Å². The Kier molecular flexibility index (Phi) is 4.76. The van der Waals surface area contributed by atoms with Crippen LogP contribution in [0.25, 0.3) is 0 Å². The van der Waals surface area contributed by atoms with Gasteiger partial charge in [-0.1, -0.05) is 26.2 Å². The van der Waals surface area contributed by atoms with E-state index in [1.54, 1.807) is 0 Å². The Morgan fingerprint density at radius 1 is 1.15 bits per heavy atom. The molecule has 0 bridgehead atoms. The van der Waals surface area contributed by atoms with Crippen LogP contribution in [0.2, 0.25) is 0 Å². The molecule has 1 saturated carbocycles. The zero-order chi connectivity index (χ0) is 14.5. The van der Waals surface area contributed by atoms with Crippen molar-refractivity contribution in [1.82, 2.24) is 9.96 Å². The van der Waals surface area contributed by atoms with Crippen LogP contribution in [0, 0.1) is 0 Å². The molecule has 0 N–H and O–H groups in total. The highest BCUT2D eigenvalue weighted by molar-refractivity contribution is 6.13. The van der Waals surface area contributed by atoms with Crippen molar-refractivity contribution in [2.75, 3.05) is 6.54 Å². The molecule has 20 heavy (non-hydrogen) atoms. The van der Waals surface area contributed by atoms with Gasteiger partial charge in [-0.2, -0.15) is 0 Å². The minimum Gasteiger partial charge on any atom is -0.314 e. The minimum atomic E-state index is -0.182. The average molecular weight is 280 g/mol. The molecule has 0 unspecified atom stereocenters. The number of unbranched alkanes of at least 4 members (excludes halogenated alkanes) is 1. The summed E-state index contributed by atoms with van der Waals surface area (Å²) >= 11 is 0. The van der Waals surface area contributed by atoms with Gasteiger partial charge in [0.05, 0.1) is 6.54 Å². The highest BCUT2D eigenvalue weighted by atomic mass is 16.9. The van der Waals surface area contributed by atoms with E-state index in [-0.39, 0.29) is 23.9 Å². The lowest BCUT2D eigenvalue weighted by Crippen LogP contribution is -2.38. The number of carbonyl (C=O) groups is 3. The molecule has 0 aromatic rings. The van der Waals surface area contributed by atoms with Gasteiger partial charge in [-0.25, -0.2) is 4.79 Å². The van der Waals surface area contributed by atoms with Crippen LogP contribution in [-0.2, 0) is 14.4 Å². The van der Waals surface area contributed by atoms with E-state index < -0.39 is 0 Å². The summed E-state index contributed by atoms with van der Waals surface area (Å²) in [7, 11) is 0. The van der Waals surface area contributed by atoms with Gasteiger partial charge in [0.15, 0.2) is 0 Å². The zero-order valence-electron chi connectivity index (χ0n) is 11.7. The first-order valence-corrected chi connectivity index (χ1v) is 7.18. The van der Waals surface area contributed by atoms with Crippen LogP contribution in [0.5, 0.6) is 0 Å². The molecular formula is C14H20N2O4. The van der Waals surface area contributed by atoms with Crippen molar-refractivity contribution in [2.24, 2.45) is 0 Å². The van der Waals surface area contributed by atoms with Crippen LogP contribution in [0.1, 0.15) is 45.4 Å². The predicted molar refractivity (Wildman–Crippen MR) is 71.3 cm³/mol. The summed E-state index contributed by atoms with van der Waals surface area (Å²) in [6, 6.07) is 0.181. The number of rotatable bonds is 4. The lowest BCUT2D eigenvalue weighted by molar-refractivity contribution is -0.139. The maximum Gasteiger partial charge on any atom is 0.468 e. The number of imide groups is 1. The van der Waals surface area contributed by atoms with Crippen molar-refractivity contribution >= 4 is 17.9 Å². The third-order valence-corrected chi connectivity index (χ3v) is 3.61. The third-order valence-electron chi connectivity index (χ3n) is 3.61. The summed E-state index contributed by atoms with van der Waals surface area (Å²) in [4.78, 5) is 38.3. The Balaban J connectivity index is 0.000000160. The smallest absolute Gasteiger partial charge is 0.314 e. The molecule has 2 fully saturated rings. The first-order valence-electron chi connectivity index (χ1n) is 7.18. The molecule has 6 nitrogen and oxygen atoms in total. The van der Waals surface area contributed by atoms with E-state index in [0.717, 1.165) is 45.1 Å². The predicted octanol–water partition coefficient (Wildman–Crippen LogP) is 2.01. The molecule has 0 aromatic heterocycles. The van der Waals surface area contributed by atoms with Crippen LogP contribution >= 0.6 is 0 Å². The Labute approximate surface area is 118 Å².